The van der Waals surface area contributed by atoms with Gasteiger partial charge in [0.1, 0.15) is 5.76 Å². The molecular weight excluding hydrogens is 338 g/mol. The largest absolute Gasteiger partial charge is 0.366 e. The van der Waals surface area contributed by atoms with Crippen LogP contribution in [0.1, 0.15) is 36.4 Å². The van der Waals surface area contributed by atoms with E-state index in [1.165, 1.54) is 4.31 Å². The number of hydrogen-bond acceptors (Lipinski definition) is 5. The predicted octanol–water partition coefficient (Wildman–Crippen LogP) is 2.88. The molecule has 0 spiro atoms. The number of aryl methyl sites for hydroxylation is 2. The lowest BCUT2D eigenvalue weighted by Gasteiger charge is -2.21. The van der Waals surface area contributed by atoms with E-state index in [4.69, 9.17) is 4.52 Å². The van der Waals surface area contributed by atoms with Crippen LogP contribution in [-0.4, -0.2) is 37.5 Å². The Hall–Kier alpha value is -1.86. The first-order valence-corrected chi connectivity index (χ1v) is 10.1. The monoisotopic (exact) mass is 363 g/mol. The first-order chi connectivity index (χ1) is 11.9. The van der Waals surface area contributed by atoms with Crippen LogP contribution in [0, 0.1) is 13.8 Å². The second kappa shape index (κ2) is 6.80. The van der Waals surface area contributed by atoms with E-state index < -0.39 is 10.0 Å². The van der Waals surface area contributed by atoms with E-state index in [-0.39, 0.29) is 0 Å². The third kappa shape index (κ3) is 3.18. The molecule has 1 aromatic heterocycles. The van der Waals surface area contributed by atoms with E-state index in [9.17, 15) is 8.42 Å². The summed E-state index contributed by atoms with van der Waals surface area (Å²) in [5, 5.41) is 4.01. The fraction of sp³-hybridized carbons (Fsp3) is 0.500. The van der Waals surface area contributed by atoms with Crippen molar-refractivity contribution in [1.29, 1.82) is 0 Å². The van der Waals surface area contributed by atoms with E-state index in [1.807, 2.05) is 39.8 Å². The number of anilines is 1. The van der Waals surface area contributed by atoms with Gasteiger partial charge in [-0.05, 0) is 44.0 Å². The average molecular weight is 363 g/mol. The van der Waals surface area contributed by atoms with Crippen molar-refractivity contribution < 1.29 is 12.9 Å². The number of rotatable bonds is 6. The smallest absolute Gasteiger partial charge is 0.243 e. The van der Waals surface area contributed by atoms with Gasteiger partial charge in [0, 0.05) is 37.4 Å². The fourth-order valence-electron chi connectivity index (χ4n) is 3.40. The van der Waals surface area contributed by atoms with Gasteiger partial charge in [0.25, 0.3) is 0 Å². The normalized spacial score (nSPS) is 14.4. The molecule has 1 aliphatic heterocycles. The van der Waals surface area contributed by atoms with Crippen molar-refractivity contribution in [2.75, 3.05) is 24.5 Å². The molecule has 1 aromatic carbocycles. The Morgan fingerprint density at radius 3 is 2.56 bits per heavy atom. The third-order valence-electron chi connectivity index (χ3n) is 4.92. The first kappa shape index (κ1) is 17.9. The van der Waals surface area contributed by atoms with Gasteiger partial charge >= 0.3 is 0 Å². The summed E-state index contributed by atoms with van der Waals surface area (Å²) >= 11 is 0. The minimum Gasteiger partial charge on any atom is -0.366 e. The van der Waals surface area contributed by atoms with E-state index in [0.29, 0.717) is 18.0 Å². The molecule has 25 heavy (non-hydrogen) atoms. The van der Waals surface area contributed by atoms with Crippen molar-refractivity contribution in [2.24, 2.45) is 0 Å². The molecule has 0 saturated carbocycles. The Labute approximate surface area is 149 Å². The van der Waals surface area contributed by atoms with Crippen LogP contribution in [0.5, 0.6) is 0 Å². The van der Waals surface area contributed by atoms with E-state index in [2.05, 4.69) is 10.1 Å². The van der Waals surface area contributed by atoms with Crippen LogP contribution in [0.15, 0.2) is 27.6 Å². The zero-order valence-electron chi connectivity index (χ0n) is 15.2. The average Bonchev–Trinajstić information content (AvgIpc) is 3.13. The Bertz CT molecular complexity index is 850. The molecular formula is C18H25N3O3S. The van der Waals surface area contributed by atoms with Crippen LogP contribution in [0.2, 0.25) is 0 Å². The number of aromatic nitrogens is 1. The van der Waals surface area contributed by atoms with E-state index >= 15 is 0 Å². The topological polar surface area (TPSA) is 66.7 Å². The van der Waals surface area contributed by atoms with Crippen molar-refractivity contribution in [3.8, 4) is 0 Å². The maximum absolute atomic E-state index is 12.7. The highest BCUT2D eigenvalue weighted by Crippen LogP contribution is 2.33. The molecule has 0 fully saturated rings. The van der Waals surface area contributed by atoms with Crippen LogP contribution in [0.4, 0.5) is 5.69 Å². The summed E-state index contributed by atoms with van der Waals surface area (Å²) in [4.78, 5) is 2.64. The molecule has 2 aromatic rings. The Kier molecular flexibility index (Phi) is 4.88. The molecule has 0 atom stereocenters. The number of sulfonamides is 1. The Balaban J connectivity index is 1.88. The summed E-state index contributed by atoms with van der Waals surface area (Å²) in [5.74, 6) is 0.840. The Morgan fingerprint density at radius 2 is 1.96 bits per heavy atom. The van der Waals surface area contributed by atoms with Gasteiger partial charge in [-0.15, -0.1) is 0 Å². The second-order valence-corrected chi connectivity index (χ2v) is 8.29. The summed E-state index contributed by atoms with van der Waals surface area (Å²) in [5.41, 5.74) is 4.19. The lowest BCUT2D eigenvalue weighted by atomic mass is 10.1. The molecule has 0 saturated heterocycles. The fourth-order valence-corrected chi connectivity index (χ4v) is 4.91. The number of nitrogens with zero attached hydrogens (tertiary/aromatic N) is 3. The number of hydrogen-bond donors (Lipinski definition) is 0. The lowest BCUT2D eigenvalue weighted by molar-refractivity contribution is 0.392. The summed E-state index contributed by atoms with van der Waals surface area (Å²) in [6, 6.07) is 5.48. The van der Waals surface area contributed by atoms with Crippen molar-refractivity contribution in [3.63, 3.8) is 0 Å². The van der Waals surface area contributed by atoms with Gasteiger partial charge in [-0.3, -0.25) is 0 Å². The van der Waals surface area contributed by atoms with E-state index in [1.54, 1.807) is 6.07 Å². The minimum absolute atomic E-state index is 0.383. The number of benzene rings is 1. The zero-order chi connectivity index (χ0) is 18.2. The maximum Gasteiger partial charge on any atom is 0.243 e. The van der Waals surface area contributed by atoms with Gasteiger partial charge < -0.3 is 9.42 Å². The highest BCUT2D eigenvalue weighted by atomic mass is 32.2. The molecule has 136 valence electrons. The van der Waals surface area contributed by atoms with Crippen LogP contribution in [0.25, 0.3) is 0 Å². The molecule has 6 nitrogen and oxygen atoms in total. The summed E-state index contributed by atoms with van der Waals surface area (Å²) in [7, 11) is -3.41. The summed E-state index contributed by atoms with van der Waals surface area (Å²) in [6.07, 6.45) is 0.848. The van der Waals surface area contributed by atoms with Gasteiger partial charge in [-0.2, -0.15) is 4.31 Å². The highest BCUT2D eigenvalue weighted by molar-refractivity contribution is 7.89. The standard InChI is InChI=1S/C18H25N3O3S/c1-5-21(6-2)25(22,23)16-7-8-18-15(11-16)9-10-20(18)12-17-13(3)19-24-14(17)4/h7-8,11H,5-6,9-10,12H2,1-4H3. The Morgan fingerprint density at radius 1 is 1.24 bits per heavy atom. The molecule has 3 rings (SSSR count). The molecule has 1 aliphatic rings. The molecule has 0 unspecified atom stereocenters. The molecule has 0 amide bonds. The van der Waals surface area contributed by atoms with Crippen molar-refractivity contribution in [2.45, 2.75) is 45.6 Å². The quantitative estimate of drug-likeness (QED) is 0.789. The third-order valence-corrected chi connectivity index (χ3v) is 6.96. The number of fused-ring (bicyclic) bond motifs is 1. The molecule has 0 bridgehead atoms. The summed E-state index contributed by atoms with van der Waals surface area (Å²) < 4.78 is 32.2. The van der Waals surface area contributed by atoms with Crippen molar-refractivity contribution in [1.82, 2.24) is 9.46 Å². The molecule has 0 radical (unpaired) electrons. The van der Waals surface area contributed by atoms with Gasteiger partial charge in [-0.25, -0.2) is 8.42 Å². The maximum atomic E-state index is 12.7. The van der Waals surface area contributed by atoms with E-state index in [0.717, 1.165) is 47.8 Å². The molecule has 0 aliphatic carbocycles. The first-order valence-electron chi connectivity index (χ1n) is 8.68. The molecule has 2 heterocycles. The highest BCUT2D eigenvalue weighted by Gasteiger charge is 2.26. The van der Waals surface area contributed by atoms with Crippen LogP contribution < -0.4 is 4.90 Å². The van der Waals surface area contributed by atoms with Crippen LogP contribution in [-0.2, 0) is 23.0 Å². The molecule has 7 heteroatoms. The van der Waals surface area contributed by atoms with Gasteiger partial charge in [0.2, 0.25) is 10.0 Å². The van der Waals surface area contributed by atoms with Crippen LogP contribution in [0.3, 0.4) is 0 Å². The second-order valence-electron chi connectivity index (χ2n) is 6.35. The predicted molar refractivity (Wildman–Crippen MR) is 97.3 cm³/mol. The lowest BCUT2D eigenvalue weighted by Crippen LogP contribution is -2.30. The van der Waals surface area contributed by atoms with Gasteiger partial charge in [-0.1, -0.05) is 19.0 Å². The summed E-state index contributed by atoms with van der Waals surface area (Å²) in [6.45, 7) is 10.2. The van der Waals surface area contributed by atoms with Crippen LogP contribution >= 0.6 is 0 Å². The van der Waals surface area contributed by atoms with Crippen molar-refractivity contribution in [3.05, 3.63) is 40.8 Å². The van der Waals surface area contributed by atoms with Crippen molar-refractivity contribution >= 4 is 15.7 Å². The minimum atomic E-state index is -3.41. The SMILES string of the molecule is CCN(CC)S(=O)(=O)c1ccc2c(c1)CCN2Cc1c(C)noc1C. The zero-order valence-corrected chi connectivity index (χ0v) is 16.1. The van der Waals surface area contributed by atoms with Gasteiger partial charge in [0.05, 0.1) is 10.6 Å². The molecule has 0 N–H and O–H groups in total. The van der Waals surface area contributed by atoms with Gasteiger partial charge in [0.15, 0.2) is 0 Å².